The van der Waals surface area contributed by atoms with Crippen molar-refractivity contribution in [3.63, 3.8) is 0 Å². The first kappa shape index (κ1) is 17.5. The third-order valence-electron chi connectivity index (χ3n) is 4.40. The molecule has 4 heteroatoms. The molecule has 0 bridgehead atoms. The fourth-order valence-electron chi connectivity index (χ4n) is 2.93. The molecule has 0 fully saturated rings. The lowest BCUT2D eigenvalue weighted by molar-refractivity contribution is 0.0929. The number of fused-ring (bicyclic) bond motifs is 1. The molecule has 2 aromatic carbocycles. The molecule has 0 saturated carbocycles. The second-order valence-corrected chi connectivity index (χ2v) is 7.50. The van der Waals surface area contributed by atoms with E-state index in [2.05, 4.69) is 37.9 Å². The Morgan fingerprint density at radius 2 is 1.76 bits per heavy atom. The highest BCUT2D eigenvalue weighted by Gasteiger charge is 2.14. The number of hydrogen-bond acceptors (Lipinski definition) is 3. The topological polar surface area (TPSA) is 47.3 Å². The normalized spacial score (nSPS) is 13.2. The molecule has 1 atom stereocenters. The van der Waals surface area contributed by atoms with Crippen LogP contribution in [0.3, 0.4) is 0 Å². The second kappa shape index (κ2) is 6.89. The van der Waals surface area contributed by atoms with Crippen LogP contribution < -0.4 is 4.74 Å². The maximum atomic E-state index is 10.4. The van der Waals surface area contributed by atoms with Gasteiger partial charge in [0.15, 0.2) is 0 Å². The van der Waals surface area contributed by atoms with Crippen LogP contribution in [0.15, 0.2) is 48.5 Å². The molecule has 1 aromatic heterocycles. The van der Waals surface area contributed by atoms with E-state index in [1.165, 1.54) is 5.56 Å². The molecule has 4 nitrogen and oxygen atoms in total. The lowest BCUT2D eigenvalue weighted by Crippen LogP contribution is -2.24. The molecule has 0 aliphatic rings. The van der Waals surface area contributed by atoms with E-state index < -0.39 is 6.10 Å². The Balaban J connectivity index is 1.63. The Morgan fingerprint density at radius 1 is 1.08 bits per heavy atom. The van der Waals surface area contributed by atoms with Gasteiger partial charge in [0.25, 0.3) is 0 Å². The third kappa shape index (κ3) is 4.02. The van der Waals surface area contributed by atoms with Crippen LogP contribution >= 0.6 is 0 Å². The van der Waals surface area contributed by atoms with Crippen molar-refractivity contribution in [2.75, 3.05) is 6.61 Å². The molecule has 3 aromatic rings. The Labute approximate surface area is 149 Å². The molecule has 25 heavy (non-hydrogen) atoms. The smallest absolute Gasteiger partial charge is 0.119 e. The van der Waals surface area contributed by atoms with E-state index in [1.54, 1.807) is 0 Å². The number of imidazole rings is 1. The Hall–Kier alpha value is -2.33. The molecule has 0 amide bonds. The van der Waals surface area contributed by atoms with Crippen LogP contribution in [0.2, 0.25) is 0 Å². The third-order valence-corrected chi connectivity index (χ3v) is 4.40. The fraction of sp³-hybridized carbons (Fsp3) is 0.381. The minimum absolute atomic E-state index is 0.123. The van der Waals surface area contributed by atoms with Crippen LogP contribution in [0.25, 0.3) is 11.0 Å². The van der Waals surface area contributed by atoms with E-state index in [0.29, 0.717) is 6.54 Å². The first-order valence-electron chi connectivity index (χ1n) is 8.68. The van der Waals surface area contributed by atoms with Gasteiger partial charge in [-0.25, -0.2) is 4.98 Å². The van der Waals surface area contributed by atoms with Crippen molar-refractivity contribution in [1.29, 1.82) is 0 Å². The van der Waals surface area contributed by atoms with Crippen LogP contribution in [0.1, 0.15) is 32.2 Å². The summed E-state index contributed by atoms with van der Waals surface area (Å²) < 4.78 is 7.79. The maximum absolute atomic E-state index is 10.4. The molecular formula is C21H26N2O2. The number of aliphatic hydroxyl groups is 1. The van der Waals surface area contributed by atoms with E-state index in [1.807, 2.05) is 47.9 Å². The van der Waals surface area contributed by atoms with Crippen LogP contribution in [0.5, 0.6) is 5.75 Å². The summed E-state index contributed by atoms with van der Waals surface area (Å²) in [6.07, 6.45) is -0.599. The Morgan fingerprint density at radius 3 is 2.44 bits per heavy atom. The summed E-state index contributed by atoms with van der Waals surface area (Å²) in [5.41, 5.74) is 3.37. The minimum atomic E-state index is -0.599. The summed E-state index contributed by atoms with van der Waals surface area (Å²) >= 11 is 0. The number of hydrogen-bond donors (Lipinski definition) is 1. The van der Waals surface area contributed by atoms with Crippen molar-refractivity contribution in [3.05, 3.63) is 59.9 Å². The van der Waals surface area contributed by atoms with Crippen molar-refractivity contribution in [3.8, 4) is 5.75 Å². The van der Waals surface area contributed by atoms with Gasteiger partial charge >= 0.3 is 0 Å². The molecular weight excluding hydrogens is 312 g/mol. The van der Waals surface area contributed by atoms with Crippen LogP contribution in [0.4, 0.5) is 0 Å². The van der Waals surface area contributed by atoms with Gasteiger partial charge in [-0.15, -0.1) is 0 Å². The van der Waals surface area contributed by atoms with Crippen molar-refractivity contribution in [1.82, 2.24) is 9.55 Å². The Kier molecular flexibility index (Phi) is 4.82. The lowest BCUT2D eigenvalue weighted by atomic mass is 9.87. The number of para-hydroxylation sites is 2. The molecule has 0 aliphatic carbocycles. The average molecular weight is 338 g/mol. The monoisotopic (exact) mass is 338 g/mol. The lowest BCUT2D eigenvalue weighted by Gasteiger charge is -2.19. The number of benzene rings is 2. The SMILES string of the molecule is Cc1nc2ccccc2n1CC(O)COc1ccc(C(C)(C)C)cc1. The minimum Gasteiger partial charge on any atom is -0.491 e. The standard InChI is InChI=1S/C21H26N2O2/c1-15-22-19-7-5-6-8-20(19)23(15)13-17(24)14-25-18-11-9-16(10-12-18)21(2,3)4/h5-12,17,24H,13-14H2,1-4H3. The van der Waals surface area contributed by atoms with E-state index in [0.717, 1.165) is 22.6 Å². The average Bonchev–Trinajstić information content (AvgIpc) is 2.88. The molecule has 1 heterocycles. The number of aromatic nitrogens is 2. The van der Waals surface area contributed by atoms with Crippen LogP contribution in [-0.4, -0.2) is 27.4 Å². The van der Waals surface area contributed by atoms with Gasteiger partial charge in [-0.1, -0.05) is 45.0 Å². The first-order chi connectivity index (χ1) is 11.8. The highest BCUT2D eigenvalue weighted by Crippen LogP contribution is 2.24. The number of nitrogens with zero attached hydrogens (tertiary/aromatic N) is 2. The molecule has 0 saturated heterocycles. The molecule has 0 radical (unpaired) electrons. The number of aryl methyl sites for hydroxylation is 1. The van der Waals surface area contributed by atoms with Gasteiger partial charge in [0.1, 0.15) is 24.3 Å². The number of rotatable bonds is 5. The van der Waals surface area contributed by atoms with Crippen LogP contribution in [-0.2, 0) is 12.0 Å². The zero-order chi connectivity index (χ0) is 18.0. The summed E-state index contributed by atoms with van der Waals surface area (Å²) in [5, 5.41) is 10.4. The van der Waals surface area contributed by atoms with Gasteiger partial charge in [0, 0.05) is 0 Å². The zero-order valence-electron chi connectivity index (χ0n) is 15.4. The van der Waals surface area contributed by atoms with E-state index in [4.69, 9.17) is 4.74 Å². The van der Waals surface area contributed by atoms with Crippen molar-refractivity contribution < 1.29 is 9.84 Å². The zero-order valence-corrected chi connectivity index (χ0v) is 15.4. The molecule has 0 aliphatic heterocycles. The van der Waals surface area contributed by atoms with Gasteiger partial charge in [-0.05, 0) is 42.2 Å². The van der Waals surface area contributed by atoms with E-state index in [-0.39, 0.29) is 12.0 Å². The summed E-state index contributed by atoms with van der Waals surface area (Å²) in [5.74, 6) is 1.68. The molecule has 132 valence electrons. The van der Waals surface area contributed by atoms with E-state index in [9.17, 15) is 5.11 Å². The van der Waals surface area contributed by atoms with Gasteiger partial charge in [-0.2, -0.15) is 0 Å². The fourth-order valence-corrected chi connectivity index (χ4v) is 2.93. The highest BCUT2D eigenvalue weighted by molar-refractivity contribution is 5.75. The first-order valence-corrected chi connectivity index (χ1v) is 8.68. The molecule has 1 unspecified atom stereocenters. The quantitative estimate of drug-likeness (QED) is 0.762. The predicted octanol–water partition coefficient (Wildman–Crippen LogP) is 4.08. The van der Waals surface area contributed by atoms with Crippen molar-refractivity contribution in [2.24, 2.45) is 0 Å². The summed E-state index contributed by atoms with van der Waals surface area (Å²) in [6, 6.07) is 16.0. The Bertz CT molecular complexity index is 844. The molecule has 1 N–H and O–H groups in total. The maximum Gasteiger partial charge on any atom is 0.119 e. The summed E-state index contributed by atoms with van der Waals surface area (Å²) in [4.78, 5) is 4.53. The van der Waals surface area contributed by atoms with Crippen LogP contribution in [0, 0.1) is 6.92 Å². The van der Waals surface area contributed by atoms with E-state index >= 15 is 0 Å². The van der Waals surface area contributed by atoms with Crippen molar-refractivity contribution in [2.45, 2.75) is 45.8 Å². The summed E-state index contributed by atoms with van der Waals surface area (Å²) in [7, 11) is 0. The number of aliphatic hydroxyl groups excluding tert-OH is 1. The number of ether oxygens (including phenoxy) is 1. The second-order valence-electron chi connectivity index (χ2n) is 7.50. The predicted molar refractivity (Wildman–Crippen MR) is 101 cm³/mol. The van der Waals surface area contributed by atoms with Gasteiger partial charge < -0.3 is 14.4 Å². The largest absolute Gasteiger partial charge is 0.491 e. The highest BCUT2D eigenvalue weighted by atomic mass is 16.5. The van der Waals surface area contributed by atoms with Crippen molar-refractivity contribution >= 4 is 11.0 Å². The van der Waals surface area contributed by atoms with Gasteiger partial charge in [0.05, 0.1) is 17.6 Å². The molecule has 3 rings (SSSR count). The van der Waals surface area contributed by atoms with Gasteiger partial charge in [-0.3, -0.25) is 0 Å². The molecule has 0 spiro atoms. The van der Waals surface area contributed by atoms with Gasteiger partial charge in [0.2, 0.25) is 0 Å². The summed E-state index contributed by atoms with van der Waals surface area (Å²) in [6.45, 7) is 9.23.